The lowest BCUT2D eigenvalue weighted by Gasteiger charge is -2.26. The lowest BCUT2D eigenvalue weighted by atomic mass is 9.73. The second-order valence-corrected chi connectivity index (χ2v) is 4.83. The van der Waals surface area contributed by atoms with Gasteiger partial charge < -0.3 is 4.98 Å². The van der Waals surface area contributed by atoms with Crippen LogP contribution in [0, 0.1) is 11.3 Å². The van der Waals surface area contributed by atoms with E-state index in [2.05, 4.69) is 21.0 Å². The average Bonchev–Trinajstić information content (AvgIpc) is 3.07. The molecule has 1 unspecified atom stereocenters. The fourth-order valence-corrected chi connectivity index (χ4v) is 2.54. The molecule has 0 bridgehead atoms. The Balaban J connectivity index is 2.16. The number of nitriles is 1. The number of nitrogens with zero attached hydrogens (tertiary/aromatic N) is 3. The van der Waals surface area contributed by atoms with Crippen LogP contribution in [0.25, 0.3) is 0 Å². The molecule has 4 nitrogen and oxygen atoms in total. The van der Waals surface area contributed by atoms with Crippen molar-refractivity contribution in [3.63, 3.8) is 0 Å². The molecule has 3 rings (SSSR count). The predicted molar refractivity (Wildman–Crippen MR) is 79.4 cm³/mol. The lowest BCUT2D eigenvalue weighted by Crippen LogP contribution is -2.29. The molecule has 0 fully saturated rings. The summed E-state index contributed by atoms with van der Waals surface area (Å²) in [5.74, 6) is 0.789. The van der Waals surface area contributed by atoms with Crippen LogP contribution >= 0.6 is 0 Å². The maximum absolute atomic E-state index is 9.97. The normalized spacial score (nSPS) is 13.3. The number of aromatic nitrogens is 3. The number of hydrogen-bond acceptors (Lipinski definition) is 3. The van der Waals surface area contributed by atoms with Gasteiger partial charge in [0.15, 0.2) is 0 Å². The van der Waals surface area contributed by atoms with Crippen molar-refractivity contribution in [2.24, 2.45) is 0 Å². The van der Waals surface area contributed by atoms with Crippen LogP contribution in [0.15, 0.2) is 67.3 Å². The predicted octanol–water partition coefficient (Wildman–Crippen LogP) is 2.86. The number of imidazole rings is 1. The number of pyridine rings is 1. The summed E-state index contributed by atoms with van der Waals surface area (Å²) in [4.78, 5) is 11.4. The Morgan fingerprint density at radius 2 is 1.71 bits per heavy atom. The highest BCUT2D eigenvalue weighted by Crippen LogP contribution is 2.34. The fourth-order valence-electron chi connectivity index (χ4n) is 2.54. The first-order valence-electron chi connectivity index (χ1n) is 6.71. The molecule has 2 heterocycles. The Kier molecular flexibility index (Phi) is 3.48. The minimum absolute atomic E-state index is 0.491. The Labute approximate surface area is 123 Å². The monoisotopic (exact) mass is 274 g/mol. The van der Waals surface area contributed by atoms with E-state index >= 15 is 0 Å². The van der Waals surface area contributed by atoms with Gasteiger partial charge in [0.05, 0.1) is 6.07 Å². The zero-order chi connectivity index (χ0) is 14.5. The SMILES string of the molecule is N#CC(Cc1ncc[nH]1)(c1ccccc1)c1ccncc1. The van der Waals surface area contributed by atoms with Gasteiger partial charge in [0.2, 0.25) is 0 Å². The highest BCUT2D eigenvalue weighted by Gasteiger charge is 2.35. The van der Waals surface area contributed by atoms with Crippen LogP contribution in [0.3, 0.4) is 0 Å². The molecule has 0 spiro atoms. The third kappa shape index (κ3) is 2.41. The Hall–Kier alpha value is -2.93. The highest BCUT2D eigenvalue weighted by atomic mass is 14.9. The van der Waals surface area contributed by atoms with Crippen molar-refractivity contribution >= 4 is 0 Å². The van der Waals surface area contributed by atoms with Crippen LogP contribution in [0.2, 0.25) is 0 Å². The first-order valence-corrected chi connectivity index (χ1v) is 6.71. The molecule has 1 atom stereocenters. The minimum Gasteiger partial charge on any atom is -0.349 e. The van der Waals surface area contributed by atoms with Crippen molar-refractivity contribution in [3.05, 3.63) is 84.2 Å². The Morgan fingerprint density at radius 3 is 2.33 bits per heavy atom. The minimum atomic E-state index is -0.776. The van der Waals surface area contributed by atoms with Crippen molar-refractivity contribution in [3.8, 4) is 6.07 Å². The molecule has 0 saturated carbocycles. The molecule has 0 aliphatic heterocycles. The van der Waals surface area contributed by atoms with Gasteiger partial charge in [-0.1, -0.05) is 30.3 Å². The Bertz CT molecular complexity index is 688. The van der Waals surface area contributed by atoms with Gasteiger partial charge in [-0.15, -0.1) is 0 Å². The number of H-pyrrole nitrogens is 1. The number of hydrogen-bond donors (Lipinski definition) is 1. The zero-order valence-electron chi connectivity index (χ0n) is 11.4. The van der Waals surface area contributed by atoms with Crippen LogP contribution in [0.4, 0.5) is 0 Å². The summed E-state index contributed by atoms with van der Waals surface area (Å²) in [7, 11) is 0. The van der Waals surface area contributed by atoms with Crippen molar-refractivity contribution in [1.29, 1.82) is 5.26 Å². The quantitative estimate of drug-likeness (QED) is 0.795. The van der Waals surface area contributed by atoms with Crippen LogP contribution < -0.4 is 0 Å². The molecule has 0 aliphatic carbocycles. The summed E-state index contributed by atoms with van der Waals surface area (Å²) in [6.07, 6.45) is 7.40. The number of nitrogens with one attached hydrogen (secondary N) is 1. The summed E-state index contributed by atoms with van der Waals surface area (Å²) >= 11 is 0. The molecule has 0 aliphatic rings. The number of aromatic amines is 1. The van der Waals surface area contributed by atoms with Gasteiger partial charge in [-0.25, -0.2) is 4.98 Å². The third-order valence-corrected chi connectivity index (χ3v) is 3.62. The van der Waals surface area contributed by atoms with E-state index in [1.165, 1.54) is 0 Å². The van der Waals surface area contributed by atoms with E-state index in [4.69, 9.17) is 0 Å². The van der Waals surface area contributed by atoms with Crippen molar-refractivity contribution in [2.45, 2.75) is 11.8 Å². The van der Waals surface area contributed by atoms with Crippen molar-refractivity contribution in [2.75, 3.05) is 0 Å². The average molecular weight is 274 g/mol. The first-order chi connectivity index (χ1) is 10.3. The molecular weight excluding hydrogens is 260 g/mol. The van der Waals surface area contributed by atoms with E-state index in [0.717, 1.165) is 17.0 Å². The molecule has 21 heavy (non-hydrogen) atoms. The number of rotatable bonds is 4. The van der Waals surface area contributed by atoms with Crippen LogP contribution in [-0.2, 0) is 11.8 Å². The van der Waals surface area contributed by atoms with E-state index in [-0.39, 0.29) is 0 Å². The topological polar surface area (TPSA) is 65.4 Å². The summed E-state index contributed by atoms with van der Waals surface area (Å²) < 4.78 is 0. The summed E-state index contributed by atoms with van der Waals surface area (Å²) in [5.41, 5.74) is 1.10. The van der Waals surface area contributed by atoms with Gasteiger partial charge in [-0.3, -0.25) is 4.98 Å². The molecule has 2 aromatic heterocycles. The van der Waals surface area contributed by atoms with E-state index < -0.39 is 5.41 Å². The smallest absolute Gasteiger partial charge is 0.114 e. The molecule has 3 aromatic rings. The van der Waals surface area contributed by atoms with Gasteiger partial charge in [0, 0.05) is 31.2 Å². The van der Waals surface area contributed by atoms with Gasteiger partial charge in [-0.2, -0.15) is 5.26 Å². The number of benzene rings is 1. The first kappa shape index (κ1) is 13.1. The van der Waals surface area contributed by atoms with Crippen molar-refractivity contribution < 1.29 is 0 Å². The van der Waals surface area contributed by atoms with E-state index in [1.54, 1.807) is 24.8 Å². The zero-order valence-corrected chi connectivity index (χ0v) is 11.4. The second-order valence-electron chi connectivity index (χ2n) is 4.83. The second kappa shape index (κ2) is 5.59. The van der Waals surface area contributed by atoms with Gasteiger partial charge in [-0.05, 0) is 23.3 Å². The standard InChI is InChI=1S/C17H14N4/c18-13-17(12-16-20-10-11-21-16,14-4-2-1-3-5-14)15-6-8-19-9-7-15/h1-11H,12H2,(H,20,21). The summed E-state index contributed by atoms with van der Waals surface area (Å²) in [6.45, 7) is 0. The van der Waals surface area contributed by atoms with E-state index in [9.17, 15) is 5.26 Å². The van der Waals surface area contributed by atoms with Crippen LogP contribution in [0.1, 0.15) is 17.0 Å². The lowest BCUT2D eigenvalue weighted by molar-refractivity contribution is 0.630. The van der Waals surface area contributed by atoms with Crippen LogP contribution in [-0.4, -0.2) is 15.0 Å². The van der Waals surface area contributed by atoms with E-state index in [0.29, 0.717) is 6.42 Å². The molecule has 0 amide bonds. The van der Waals surface area contributed by atoms with Gasteiger partial charge in [0.1, 0.15) is 11.2 Å². The molecule has 0 radical (unpaired) electrons. The molecule has 1 N–H and O–H groups in total. The summed E-state index contributed by atoms with van der Waals surface area (Å²) in [6, 6.07) is 16.1. The van der Waals surface area contributed by atoms with Gasteiger partial charge >= 0.3 is 0 Å². The molecule has 102 valence electrons. The maximum Gasteiger partial charge on any atom is 0.114 e. The largest absolute Gasteiger partial charge is 0.349 e. The highest BCUT2D eigenvalue weighted by molar-refractivity contribution is 5.46. The maximum atomic E-state index is 9.97. The van der Waals surface area contributed by atoms with Crippen molar-refractivity contribution in [1.82, 2.24) is 15.0 Å². The molecule has 1 aromatic carbocycles. The van der Waals surface area contributed by atoms with Gasteiger partial charge in [0.25, 0.3) is 0 Å². The molecule has 4 heteroatoms. The Morgan fingerprint density at radius 1 is 1.00 bits per heavy atom. The van der Waals surface area contributed by atoms with E-state index in [1.807, 2.05) is 42.5 Å². The summed E-state index contributed by atoms with van der Waals surface area (Å²) in [5, 5.41) is 9.97. The molecular formula is C17H14N4. The fraction of sp³-hybridized carbons (Fsp3) is 0.118. The van der Waals surface area contributed by atoms with Crippen LogP contribution in [0.5, 0.6) is 0 Å². The third-order valence-electron chi connectivity index (χ3n) is 3.62. The molecule has 0 saturated heterocycles.